The predicted molar refractivity (Wildman–Crippen MR) is 95.3 cm³/mol. The largest absolute Gasteiger partial charge is 0.481 e. The number of aromatic carboxylic acids is 1. The van der Waals surface area contributed by atoms with E-state index in [-0.39, 0.29) is 17.7 Å². The first kappa shape index (κ1) is 18.6. The molecule has 0 saturated carbocycles. The zero-order valence-electron chi connectivity index (χ0n) is 13.5. The Bertz CT molecular complexity index is 929. The Kier molecular flexibility index (Phi) is 6.00. The summed E-state index contributed by atoms with van der Waals surface area (Å²) in [6, 6.07) is 18.8. The summed E-state index contributed by atoms with van der Waals surface area (Å²) in [5, 5.41) is 29.6. The van der Waals surface area contributed by atoms with Crippen LogP contribution in [0.15, 0.2) is 66.7 Å². The van der Waals surface area contributed by atoms with E-state index in [1.807, 2.05) is 42.5 Å². The van der Waals surface area contributed by atoms with Crippen molar-refractivity contribution in [3.8, 4) is 0 Å². The van der Waals surface area contributed by atoms with Crippen LogP contribution in [0.25, 0.3) is 10.8 Å². The molecule has 0 atom stereocenters. The van der Waals surface area contributed by atoms with Gasteiger partial charge in [-0.15, -0.1) is 0 Å². The van der Waals surface area contributed by atoms with E-state index < -0.39 is 16.9 Å². The van der Waals surface area contributed by atoms with Crippen molar-refractivity contribution in [3.05, 3.63) is 88.0 Å². The molecule has 0 spiro atoms. The van der Waals surface area contributed by atoms with E-state index in [0.717, 1.165) is 22.4 Å². The molecule has 0 bridgehead atoms. The molecule has 0 heterocycles. The molecule has 0 unspecified atom stereocenters. The molecule has 7 heteroatoms. The highest BCUT2D eigenvalue weighted by Crippen LogP contribution is 2.19. The summed E-state index contributed by atoms with van der Waals surface area (Å²) < 4.78 is 0. The van der Waals surface area contributed by atoms with Crippen LogP contribution in [0, 0.1) is 10.1 Å². The number of carboxylic acids is 2. The van der Waals surface area contributed by atoms with Crippen LogP contribution >= 0.6 is 0 Å². The molecule has 0 radical (unpaired) electrons. The first-order chi connectivity index (χ1) is 12.4. The van der Waals surface area contributed by atoms with Gasteiger partial charge in [-0.25, -0.2) is 4.79 Å². The number of hydrogen-bond acceptors (Lipinski definition) is 4. The van der Waals surface area contributed by atoms with Crippen molar-refractivity contribution in [2.75, 3.05) is 0 Å². The maximum Gasteiger partial charge on any atom is 0.342 e. The zero-order chi connectivity index (χ0) is 19.1. The van der Waals surface area contributed by atoms with Crippen molar-refractivity contribution in [1.29, 1.82) is 0 Å². The molecule has 0 aliphatic heterocycles. The van der Waals surface area contributed by atoms with Crippen molar-refractivity contribution >= 4 is 28.4 Å². The van der Waals surface area contributed by atoms with Crippen LogP contribution in [0.5, 0.6) is 0 Å². The third kappa shape index (κ3) is 4.64. The minimum atomic E-state index is -1.29. The monoisotopic (exact) mass is 353 g/mol. The van der Waals surface area contributed by atoms with Crippen molar-refractivity contribution in [1.82, 2.24) is 0 Å². The number of fused-ring (bicyclic) bond motifs is 1. The second-order valence-electron chi connectivity index (χ2n) is 5.29. The first-order valence-electron chi connectivity index (χ1n) is 7.55. The fraction of sp³-hybridized carbons (Fsp3) is 0.0526. The molecule has 26 heavy (non-hydrogen) atoms. The van der Waals surface area contributed by atoms with E-state index in [1.165, 1.54) is 18.2 Å². The number of carboxylic acid groups (broad SMARTS) is 2. The van der Waals surface area contributed by atoms with Gasteiger partial charge in [0.05, 0.1) is 11.3 Å². The molecule has 3 aromatic rings. The van der Waals surface area contributed by atoms with Gasteiger partial charge in [-0.05, 0) is 22.4 Å². The van der Waals surface area contributed by atoms with Crippen LogP contribution in [0.2, 0.25) is 0 Å². The minimum absolute atomic E-state index is 0.0847. The molecular weight excluding hydrogens is 338 g/mol. The van der Waals surface area contributed by atoms with E-state index in [0.29, 0.717) is 0 Å². The smallest absolute Gasteiger partial charge is 0.342 e. The molecule has 0 aliphatic carbocycles. The molecule has 2 N–H and O–H groups in total. The predicted octanol–water partition coefficient (Wildman–Crippen LogP) is 3.76. The van der Waals surface area contributed by atoms with Gasteiger partial charge in [-0.3, -0.25) is 14.9 Å². The topological polar surface area (TPSA) is 118 Å². The molecule has 0 fully saturated rings. The number of nitrogens with zero attached hydrogens (tertiary/aromatic N) is 1. The molecule has 0 amide bonds. The average Bonchev–Trinajstić information content (AvgIpc) is 2.62. The molecule has 3 rings (SSSR count). The van der Waals surface area contributed by atoms with E-state index >= 15 is 0 Å². The van der Waals surface area contributed by atoms with Gasteiger partial charge in [0, 0.05) is 6.07 Å². The van der Waals surface area contributed by atoms with Crippen LogP contribution < -0.4 is 0 Å². The lowest BCUT2D eigenvalue weighted by Crippen LogP contribution is -2.01. The number of nitro groups is 1. The third-order valence-corrected chi connectivity index (χ3v) is 3.55. The van der Waals surface area contributed by atoms with Crippen molar-refractivity contribution in [2.45, 2.75) is 6.42 Å². The Morgan fingerprint density at radius 3 is 2.12 bits per heavy atom. The van der Waals surface area contributed by atoms with Crippen LogP contribution in [0.1, 0.15) is 15.9 Å². The maximum atomic E-state index is 10.6. The number of para-hydroxylation sites is 1. The van der Waals surface area contributed by atoms with E-state index in [4.69, 9.17) is 10.2 Å². The highest BCUT2D eigenvalue weighted by molar-refractivity contribution is 5.92. The summed E-state index contributed by atoms with van der Waals surface area (Å²) in [5.74, 6) is -2.08. The lowest BCUT2D eigenvalue weighted by atomic mass is 10.0. The van der Waals surface area contributed by atoms with Gasteiger partial charge in [-0.2, -0.15) is 0 Å². The van der Waals surface area contributed by atoms with Crippen LogP contribution in [-0.2, 0) is 11.2 Å². The Hall–Kier alpha value is -3.74. The van der Waals surface area contributed by atoms with Gasteiger partial charge >= 0.3 is 11.9 Å². The number of carbonyl (C=O) groups is 2. The standard InChI is InChI=1S/C12H10O2.C7H5NO4/c13-12(14)8-10-6-3-5-9-4-1-2-7-11(9)10;9-7(10)5-3-1-2-4-6(5)8(11)12/h1-7H,8H2,(H,13,14);1-4H,(H,9,10). The van der Waals surface area contributed by atoms with Gasteiger partial charge in [-0.1, -0.05) is 54.6 Å². The molecule has 3 aromatic carbocycles. The quantitative estimate of drug-likeness (QED) is 0.545. The van der Waals surface area contributed by atoms with Crippen LogP contribution in [-0.4, -0.2) is 27.1 Å². The third-order valence-electron chi connectivity index (χ3n) is 3.55. The first-order valence-corrected chi connectivity index (χ1v) is 7.55. The summed E-state index contributed by atoms with van der Waals surface area (Å²) in [7, 11) is 0. The molecule has 0 aliphatic rings. The van der Waals surface area contributed by atoms with Crippen molar-refractivity contribution < 1.29 is 24.7 Å². The molecule has 0 aromatic heterocycles. The van der Waals surface area contributed by atoms with Gasteiger partial charge in [0.25, 0.3) is 5.69 Å². The number of hydrogen-bond donors (Lipinski definition) is 2. The second kappa shape index (κ2) is 8.39. The van der Waals surface area contributed by atoms with E-state index in [2.05, 4.69) is 0 Å². The summed E-state index contributed by atoms with van der Waals surface area (Å²) >= 11 is 0. The lowest BCUT2D eigenvalue weighted by molar-refractivity contribution is -0.385. The van der Waals surface area contributed by atoms with Gasteiger partial charge < -0.3 is 10.2 Å². The molecule has 7 nitrogen and oxygen atoms in total. The summed E-state index contributed by atoms with van der Waals surface area (Å²) in [6.45, 7) is 0. The Morgan fingerprint density at radius 2 is 1.50 bits per heavy atom. The minimum Gasteiger partial charge on any atom is -0.481 e. The Labute approximate surface area is 148 Å². The van der Waals surface area contributed by atoms with Crippen molar-refractivity contribution in [3.63, 3.8) is 0 Å². The van der Waals surface area contributed by atoms with Gasteiger partial charge in [0.1, 0.15) is 5.56 Å². The zero-order valence-corrected chi connectivity index (χ0v) is 13.5. The van der Waals surface area contributed by atoms with Gasteiger partial charge in [0.15, 0.2) is 0 Å². The highest BCUT2D eigenvalue weighted by Gasteiger charge is 2.17. The number of aliphatic carboxylic acids is 1. The van der Waals surface area contributed by atoms with Crippen LogP contribution in [0.4, 0.5) is 5.69 Å². The Morgan fingerprint density at radius 1 is 0.885 bits per heavy atom. The Balaban J connectivity index is 0.000000190. The summed E-state index contributed by atoms with van der Waals surface area (Å²) in [5.41, 5.74) is 0.197. The SMILES string of the molecule is O=C(O)Cc1cccc2ccccc12.O=C(O)c1ccccc1[N+](=O)[O-]. The summed E-state index contributed by atoms with van der Waals surface area (Å²) in [4.78, 5) is 30.6. The van der Waals surface area contributed by atoms with Crippen molar-refractivity contribution in [2.24, 2.45) is 0 Å². The molecule has 0 saturated heterocycles. The second-order valence-corrected chi connectivity index (χ2v) is 5.29. The van der Waals surface area contributed by atoms with Crippen LogP contribution in [0.3, 0.4) is 0 Å². The normalized spacial score (nSPS) is 9.85. The number of rotatable bonds is 4. The maximum absolute atomic E-state index is 10.6. The molecule has 132 valence electrons. The van der Waals surface area contributed by atoms with Gasteiger partial charge in [0.2, 0.25) is 0 Å². The van der Waals surface area contributed by atoms with E-state index in [1.54, 1.807) is 0 Å². The summed E-state index contributed by atoms with van der Waals surface area (Å²) in [6.07, 6.45) is 0.0847. The number of benzene rings is 3. The van der Waals surface area contributed by atoms with E-state index in [9.17, 15) is 19.7 Å². The fourth-order valence-electron chi connectivity index (χ4n) is 2.42. The number of nitro benzene ring substituents is 1. The highest BCUT2D eigenvalue weighted by atomic mass is 16.6. The fourth-order valence-corrected chi connectivity index (χ4v) is 2.42. The average molecular weight is 353 g/mol. The lowest BCUT2D eigenvalue weighted by Gasteiger charge is -2.02. The molecular formula is C19H15NO6.